The number of amides is 1. The Labute approximate surface area is 112 Å². The maximum absolute atomic E-state index is 12.3. The molecule has 19 heavy (non-hydrogen) atoms. The van der Waals surface area contributed by atoms with Crippen molar-refractivity contribution in [1.82, 2.24) is 10.3 Å². The van der Waals surface area contributed by atoms with Crippen molar-refractivity contribution >= 4 is 16.8 Å². The SMILES string of the molecule is COc1ccc2nccc(C(=O)NC(C)(C)C)c2c1. The molecule has 100 valence electrons. The molecule has 1 N–H and O–H groups in total. The molecule has 1 amide bonds. The van der Waals surface area contributed by atoms with Gasteiger partial charge in [-0.25, -0.2) is 0 Å². The van der Waals surface area contributed by atoms with E-state index in [2.05, 4.69) is 10.3 Å². The van der Waals surface area contributed by atoms with Gasteiger partial charge in [-0.3, -0.25) is 9.78 Å². The summed E-state index contributed by atoms with van der Waals surface area (Å²) >= 11 is 0. The zero-order chi connectivity index (χ0) is 14.0. The molecule has 0 radical (unpaired) electrons. The highest BCUT2D eigenvalue weighted by Gasteiger charge is 2.17. The molecular formula is C15H18N2O2. The number of pyridine rings is 1. The zero-order valence-electron chi connectivity index (χ0n) is 11.7. The second kappa shape index (κ2) is 4.88. The number of rotatable bonds is 2. The molecule has 4 nitrogen and oxygen atoms in total. The Balaban J connectivity index is 2.50. The van der Waals surface area contributed by atoms with E-state index in [-0.39, 0.29) is 11.4 Å². The maximum atomic E-state index is 12.3. The lowest BCUT2D eigenvalue weighted by Gasteiger charge is -2.21. The first kappa shape index (κ1) is 13.3. The number of nitrogens with one attached hydrogen (secondary N) is 1. The van der Waals surface area contributed by atoms with Gasteiger partial charge in [-0.2, -0.15) is 0 Å². The summed E-state index contributed by atoms with van der Waals surface area (Å²) < 4.78 is 5.20. The second-order valence-electron chi connectivity index (χ2n) is 5.45. The Morgan fingerprint density at radius 3 is 2.63 bits per heavy atom. The van der Waals surface area contributed by atoms with E-state index in [9.17, 15) is 4.79 Å². The van der Waals surface area contributed by atoms with E-state index in [1.165, 1.54) is 0 Å². The molecule has 0 fully saturated rings. The third-order valence-corrected chi connectivity index (χ3v) is 2.68. The summed E-state index contributed by atoms with van der Waals surface area (Å²) in [5, 5.41) is 3.75. The summed E-state index contributed by atoms with van der Waals surface area (Å²) in [7, 11) is 1.60. The van der Waals surface area contributed by atoms with Crippen molar-refractivity contribution in [1.29, 1.82) is 0 Å². The van der Waals surface area contributed by atoms with E-state index in [0.717, 1.165) is 10.9 Å². The molecular weight excluding hydrogens is 240 g/mol. The second-order valence-corrected chi connectivity index (χ2v) is 5.45. The smallest absolute Gasteiger partial charge is 0.252 e. The van der Waals surface area contributed by atoms with Crippen molar-refractivity contribution in [2.45, 2.75) is 26.3 Å². The van der Waals surface area contributed by atoms with Gasteiger partial charge in [-0.05, 0) is 45.0 Å². The van der Waals surface area contributed by atoms with Crippen molar-refractivity contribution in [3.63, 3.8) is 0 Å². The number of nitrogens with zero attached hydrogens (tertiary/aromatic N) is 1. The zero-order valence-corrected chi connectivity index (χ0v) is 11.7. The molecule has 2 aromatic rings. The minimum absolute atomic E-state index is 0.104. The molecule has 2 rings (SSSR count). The van der Waals surface area contributed by atoms with Crippen LogP contribution in [0.3, 0.4) is 0 Å². The fraction of sp³-hybridized carbons (Fsp3) is 0.333. The molecule has 1 heterocycles. The first-order valence-electron chi connectivity index (χ1n) is 6.16. The fourth-order valence-electron chi connectivity index (χ4n) is 1.86. The van der Waals surface area contributed by atoms with Gasteiger partial charge >= 0.3 is 0 Å². The molecule has 0 saturated carbocycles. The summed E-state index contributed by atoms with van der Waals surface area (Å²) in [4.78, 5) is 16.6. The van der Waals surface area contributed by atoms with Gasteiger partial charge in [0.25, 0.3) is 5.91 Å². The van der Waals surface area contributed by atoms with E-state index in [4.69, 9.17) is 4.74 Å². The standard InChI is InChI=1S/C15H18N2O2/c1-15(2,3)17-14(18)11-7-8-16-13-6-5-10(19-4)9-12(11)13/h5-9H,1-4H3,(H,17,18). The highest BCUT2D eigenvalue weighted by Crippen LogP contribution is 2.22. The largest absolute Gasteiger partial charge is 0.497 e. The van der Waals surface area contributed by atoms with Crippen molar-refractivity contribution in [3.8, 4) is 5.75 Å². The Hall–Kier alpha value is -2.10. The third-order valence-electron chi connectivity index (χ3n) is 2.68. The first-order chi connectivity index (χ1) is 8.90. The Kier molecular flexibility index (Phi) is 3.42. The average Bonchev–Trinajstić information content (AvgIpc) is 2.35. The number of aromatic nitrogens is 1. The predicted molar refractivity (Wildman–Crippen MR) is 75.5 cm³/mol. The van der Waals surface area contributed by atoms with Crippen LogP contribution in [0.4, 0.5) is 0 Å². The van der Waals surface area contributed by atoms with E-state index < -0.39 is 0 Å². The Morgan fingerprint density at radius 2 is 2.00 bits per heavy atom. The quantitative estimate of drug-likeness (QED) is 0.901. The molecule has 0 aliphatic heterocycles. The van der Waals surface area contributed by atoms with Crippen molar-refractivity contribution < 1.29 is 9.53 Å². The summed E-state index contributed by atoms with van der Waals surface area (Å²) in [6.45, 7) is 5.86. The van der Waals surface area contributed by atoms with Crippen LogP contribution in [0.25, 0.3) is 10.9 Å². The lowest BCUT2D eigenvalue weighted by atomic mass is 10.1. The summed E-state index contributed by atoms with van der Waals surface area (Å²) in [6, 6.07) is 7.24. The van der Waals surface area contributed by atoms with Gasteiger partial charge in [0.15, 0.2) is 0 Å². The lowest BCUT2D eigenvalue weighted by Crippen LogP contribution is -2.40. The van der Waals surface area contributed by atoms with Gasteiger partial charge < -0.3 is 10.1 Å². The number of hydrogen-bond donors (Lipinski definition) is 1. The van der Waals surface area contributed by atoms with E-state index >= 15 is 0 Å². The van der Waals surface area contributed by atoms with Crippen LogP contribution in [0.15, 0.2) is 30.5 Å². The van der Waals surface area contributed by atoms with Crippen LogP contribution in [0.2, 0.25) is 0 Å². The van der Waals surface area contributed by atoms with Crippen LogP contribution < -0.4 is 10.1 Å². The molecule has 1 aromatic carbocycles. The molecule has 0 saturated heterocycles. The Bertz CT molecular complexity index is 615. The van der Waals surface area contributed by atoms with Gasteiger partial charge in [-0.1, -0.05) is 0 Å². The summed E-state index contributed by atoms with van der Waals surface area (Å²) in [5.74, 6) is 0.610. The number of ether oxygens (including phenoxy) is 1. The molecule has 0 bridgehead atoms. The highest BCUT2D eigenvalue weighted by atomic mass is 16.5. The summed E-state index contributed by atoms with van der Waals surface area (Å²) in [5.41, 5.74) is 1.12. The van der Waals surface area contributed by atoms with Gasteiger partial charge in [-0.15, -0.1) is 0 Å². The molecule has 0 spiro atoms. The van der Waals surface area contributed by atoms with Crippen molar-refractivity contribution in [3.05, 3.63) is 36.0 Å². The van der Waals surface area contributed by atoms with Crippen LogP contribution in [-0.4, -0.2) is 23.5 Å². The number of hydrogen-bond acceptors (Lipinski definition) is 3. The number of fused-ring (bicyclic) bond motifs is 1. The molecule has 0 atom stereocenters. The minimum atomic E-state index is -0.272. The number of methoxy groups -OCH3 is 1. The third kappa shape index (κ3) is 3.02. The van der Waals surface area contributed by atoms with Crippen LogP contribution in [0, 0.1) is 0 Å². The normalized spacial score (nSPS) is 11.4. The molecule has 4 heteroatoms. The van der Waals surface area contributed by atoms with Crippen LogP contribution in [0.5, 0.6) is 5.75 Å². The fourth-order valence-corrected chi connectivity index (χ4v) is 1.86. The number of benzene rings is 1. The first-order valence-corrected chi connectivity index (χ1v) is 6.16. The summed E-state index contributed by atoms with van der Waals surface area (Å²) in [6.07, 6.45) is 1.65. The predicted octanol–water partition coefficient (Wildman–Crippen LogP) is 2.77. The highest BCUT2D eigenvalue weighted by molar-refractivity contribution is 6.06. The maximum Gasteiger partial charge on any atom is 0.252 e. The van der Waals surface area contributed by atoms with Crippen LogP contribution in [-0.2, 0) is 0 Å². The number of carbonyl (C=O) groups is 1. The van der Waals surface area contributed by atoms with Gasteiger partial charge in [0.2, 0.25) is 0 Å². The average molecular weight is 258 g/mol. The topological polar surface area (TPSA) is 51.2 Å². The van der Waals surface area contributed by atoms with Gasteiger partial charge in [0.1, 0.15) is 5.75 Å². The number of carbonyl (C=O) groups excluding carboxylic acids is 1. The van der Waals surface area contributed by atoms with E-state index in [1.807, 2.05) is 39.0 Å². The van der Waals surface area contributed by atoms with Crippen molar-refractivity contribution in [2.75, 3.05) is 7.11 Å². The van der Waals surface area contributed by atoms with Crippen molar-refractivity contribution in [2.24, 2.45) is 0 Å². The van der Waals surface area contributed by atoms with E-state index in [0.29, 0.717) is 11.3 Å². The van der Waals surface area contributed by atoms with Gasteiger partial charge in [0, 0.05) is 17.1 Å². The molecule has 1 aromatic heterocycles. The van der Waals surface area contributed by atoms with Crippen LogP contribution in [0.1, 0.15) is 31.1 Å². The molecule has 0 aliphatic carbocycles. The molecule has 0 unspecified atom stereocenters. The van der Waals surface area contributed by atoms with E-state index in [1.54, 1.807) is 19.4 Å². The molecule has 0 aliphatic rings. The minimum Gasteiger partial charge on any atom is -0.497 e. The van der Waals surface area contributed by atoms with Crippen LogP contribution >= 0.6 is 0 Å². The van der Waals surface area contributed by atoms with Gasteiger partial charge in [0.05, 0.1) is 18.2 Å². The Morgan fingerprint density at radius 1 is 1.26 bits per heavy atom. The monoisotopic (exact) mass is 258 g/mol. The lowest BCUT2D eigenvalue weighted by molar-refractivity contribution is 0.0921.